The first-order valence-electron chi connectivity index (χ1n) is 10.3. The molecule has 0 aliphatic heterocycles. The normalized spacial score (nSPS) is 21.3. The molecular weight excluding hydrogens is 454 g/mol. The van der Waals surface area contributed by atoms with E-state index < -0.39 is 0 Å². The minimum absolute atomic E-state index is 0.109. The molecule has 4 aromatic rings. The summed E-state index contributed by atoms with van der Waals surface area (Å²) in [6, 6.07) is 19.7. The van der Waals surface area contributed by atoms with Gasteiger partial charge in [-0.15, -0.1) is 0 Å². The van der Waals surface area contributed by atoms with Crippen molar-refractivity contribution < 1.29 is 0 Å². The number of rotatable bonds is 1. The van der Waals surface area contributed by atoms with E-state index in [4.69, 9.17) is 11.6 Å². The summed E-state index contributed by atoms with van der Waals surface area (Å²) >= 11 is 10.1. The van der Waals surface area contributed by atoms with Gasteiger partial charge in [0.15, 0.2) is 0 Å². The van der Waals surface area contributed by atoms with Crippen LogP contribution in [-0.2, 0) is 5.41 Å². The van der Waals surface area contributed by atoms with Crippen molar-refractivity contribution in [3.8, 4) is 5.69 Å². The fourth-order valence-corrected chi connectivity index (χ4v) is 6.43. The Morgan fingerprint density at radius 1 is 0.900 bits per heavy atom. The average molecular weight is 475 g/mol. The van der Waals surface area contributed by atoms with E-state index in [0.29, 0.717) is 11.8 Å². The number of halogens is 2. The summed E-state index contributed by atoms with van der Waals surface area (Å²) in [4.78, 5) is 0. The SMILES string of the molecule is CC1(C)c2cc3c4ccccc4n(-c4cc(Cl)cc(Br)c4)c3cc2C2C=CC=CC21. The Balaban J connectivity index is 1.74. The summed E-state index contributed by atoms with van der Waals surface area (Å²) in [5, 5.41) is 3.32. The van der Waals surface area contributed by atoms with Gasteiger partial charge in [0.2, 0.25) is 0 Å². The summed E-state index contributed by atoms with van der Waals surface area (Å²) in [6.07, 6.45) is 9.15. The van der Waals surface area contributed by atoms with E-state index in [9.17, 15) is 0 Å². The van der Waals surface area contributed by atoms with Crippen LogP contribution >= 0.6 is 27.5 Å². The number of aromatic nitrogens is 1. The second-order valence-corrected chi connectivity index (χ2v) is 10.3. The van der Waals surface area contributed by atoms with Gasteiger partial charge in [-0.05, 0) is 58.9 Å². The fourth-order valence-electron chi connectivity index (χ4n) is 5.58. The summed E-state index contributed by atoms with van der Waals surface area (Å²) in [6.45, 7) is 4.78. The maximum atomic E-state index is 6.43. The van der Waals surface area contributed by atoms with Gasteiger partial charge >= 0.3 is 0 Å². The van der Waals surface area contributed by atoms with Gasteiger partial charge < -0.3 is 4.57 Å². The molecule has 0 fully saturated rings. The van der Waals surface area contributed by atoms with Gasteiger partial charge in [0.1, 0.15) is 0 Å². The number of benzene rings is 3. The summed E-state index contributed by atoms with van der Waals surface area (Å²) in [5.74, 6) is 0.936. The number of nitrogens with zero attached hydrogens (tertiary/aromatic N) is 1. The Labute approximate surface area is 189 Å². The zero-order valence-corrected chi connectivity index (χ0v) is 19.2. The Bertz CT molecular complexity index is 1390. The molecule has 148 valence electrons. The highest BCUT2D eigenvalue weighted by Gasteiger charge is 2.44. The minimum Gasteiger partial charge on any atom is -0.309 e. The molecule has 3 aromatic carbocycles. The molecule has 30 heavy (non-hydrogen) atoms. The number of fused-ring (bicyclic) bond motifs is 6. The zero-order chi connectivity index (χ0) is 20.6. The van der Waals surface area contributed by atoms with E-state index in [2.05, 4.69) is 101 Å². The van der Waals surface area contributed by atoms with Crippen LogP contribution in [0.1, 0.15) is 30.9 Å². The fraction of sp³-hybridized carbons (Fsp3) is 0.185. The molecule has 0 saturated carbocycles. The highest BCUT2D eigenvalue weighted by Crippen LogP contribution is 2.54. The molecule has 0 saturated heterocycles. The summed E-state index contributed by atoms with van der Waals surface area (Å²) in [5.41, 5.74) is 6.55. The number of para-hydroxylation sites is 1. The summed E-state index contributed by atoms with van der Waals surface area (Å²) < 4.78 is 3.34. The maximum absolute atomic E-state index is 6.43. The van der Waals surface area contributed by atoms with Gasteiger partial charge in [-0.3, -0.25) is 0 Å². The third-order valence-electron chi connectivity index (χ3n) is 6.97. The van der Waals surface area contributed by atoms with Gasteiger partial charge in [0, 0.05) is 31.9 Å². The van der Waals surface area contributed by atoms with Crippen molar-refractivity contribution in [2.45, 2.75) is 25.2 Å². The van der Waals surface area contributed by atoms with Gasteiger partial charge in [0.05, 0.1) is 11.0 Å². The Morgan fingerprint density at radius 3 is 2.53 bits per heavy atom. The summed E-state index contributed by atoms with van der Waals surface area (Å²) in [7, 11) is 0. The third kappa shape index (κ3) is 2.47. The molecule has 0 radical (unpaired) electrons. The predicted molar refractivity (Wildman–Crippen MR) is 131 cm³/mol. The van der Waals surface area contributed by atoms with E-state index in [-0.39, 0.29) is 5.41 Å². The van der Waals surface area contributed by atoms with Crippen molar-refractivity contribution in [1.82, 2.24) is 4.57 Å². The zero-order valence-electron chi connectivity index (χ0n) is 16.9. The van der Waals surface area contributed by atoms with Crippen molar-refractivity contribution in [1.29, 1.82) is 0 Å². The molecule has 2 aliphatic carbocycles. The number of hydrogen-bond donors (Lipinski definition) is 0. The monoisotopic (exact) mass is 473 g/mol. The Morgan fingerprint density at radius 2 is 1.70 bits per heavy atom. The molecule has 0 bridgehead atoms. The van der Waals surface area contributed by atoms with Crippen LogP contribution in [0.2, 0.25) is 5.02 Å². The molecule has 3 heteroatoms. The molecule has 1 heterocycles. The Hall–Kier alpha value is -2.29. The van der Waals surface area contributed by atoms with Crippen molar-refractivity contribution in [3.63, 3.8) is 0 Å². The van der Waals surface area contributed by atoms with Crippen molar-refractivity contribution in [3.05, 3.63) is 99.5 Å². The second kappa shape index (κ2) is 6.35. The second-order valence-electron chi connectivity index (χ2n) is 8.98. The molecule has 0 spiro atoms. The van der Waals surface area contributed by atoms with E-state index in [0.717, 1.165) is 15.2 Å². The predicted octanol–water partition coefficient (Wildman–Crippen LogP) is 8.32. The first-order chi connectivity index (χ1) is 14.4. The van der Waals surface area contributed by atoms with Crippen molar-refractivity contribution in [2.75, 3.05) is 0 Å². The molecule has 0 amide bonds. The van der Waals surface area contributed by atoms with Gasteiger partial charge in [-0.2, -0.15) is 0 Å². The van der Waals surface area contributed by atoms with Crippen LogP contribution in [0.15, 0.2) is 83.4 Å². The third-order valence-corrected chi connectivity index (χ3v) is 7.65. The van der Waals surface area contributed by atoms with E-state index in [1.165, 1.54) is 32.9 Å². The topological polar surface area (TPSA) is 4.93 Å². The largest absolute Gasteiger partial charge is 0.309 e. The highest BCUT2D eigenvalue weighted by molar-refractivity contribution is 9.10. The Kier molecular flexibility index (Phi) is 3.91. The van der Waals surface area contributed by atoms with Gasteiger partial charge in [-0.25, -0.2) is 0 Å². The molecule has 2 unspecified atom stereocenters. The lowest BCUT2D eigenvalue weighted by Gasteiger charge is -2.29. The molecule has 0 N–H and O–H groups in total. The highest BCUT2D eigenvalue weighted by atomic mass is 79.9. The van der Waals surface area contributed by atoms with Crippen LogP contribution in [0.3, 0.4) is 0 Å². The lowest BCUT2D eigenvalue weighted by Crippen LogP contribution is -2.24. The van der Waals surface area contributed by atoms with Crippen LogP contribution in [-0.4, -0.2) is 4.57 Å². The minimum atomic E-state index is 0.109. The van der Waals surface area contributed by atoms with Gasteiger partial charge in [0.25, 0.3) is 0 Å². The van der Waals surface area contributed by atoms with Crippen LogP contribution in [0.5, 0.6) is 0 Å². The number of allylic oxidation sites excluding steroid dienone is 4. The standard InChI is InChI=1S/C27H21BrClN/c1-27(2)23-9-5-3-7-19(23)21-15-26-22(14-24(21)27)20-8-4-6-10-25(20)30(26)18-12-16(28)11-17(29)13-18/h3-15,19,23H,1-2H3. The lowest BCUT2D eigenvalue weighted by atomic mass is 9.74. The molecule has 2 atom stereocenters. The molecule has 1 aromatic heterocycles. The van der Waals surface area contributed by atoms with Crippen molar-refractivity contribution in [2.24, 2.45) is 5.92 Å². The van der Waals surface area contributed by atoms with E-state index in [1.807, 2.05) is 12.1 Å². The molecule has 2 aliphatic rings. The van der Waals surface area contributed by atoms with Crippen molar-refractivity contribution >= 4 is 49.3 Å². The first kappa shape index (κ1) is 18.5. The molecule has 1 nitrogen and oxygen atoms in total. The lowest BCUT2D eigenvalue weighted by molar-refractivity contribution is 0.394. The molecular formula is C27H21BrClN. The van der Waals surface area contributed by atoms with Crippen LogP contribution < -0.4 is 0 Å². The maximum Gasteiger partial charge on any atom is 0.0544 e. The average Bonchev–Trinajstić information content (AvgIpc) is 3.16. The smallest absolute Gasteiger partial charge is 0.0544 e. The quantitative estimate of drug-likeness (QED) is 0.261. The first-order valence-corrected chi connectivity index (χ1v) is 11.5. The van der Waals surface area contributed by atoms with Crippen LogP contribution in [0, 0.1) is 5.92 Å². The van der Waals surface area contributed by atoms with E-state index in [1.54, 1.807) is 0 Å². The number of hydrogen-bond acceptors (Lipinski definition) is 0. The van der Waals surface area contributed by atoms with Crippen LogP contribution in [0.4, 0.5) is 0 Å². The van der Waals surface area contributed by atoms with E-state index >= 15 is 0 Å². The molecule has 6 rings (SSSR count). The van der Waals surface area contributed by atoms with Crippen LogP contribution in [0.25, 0.3) is 27.5 Å². The van der Waals surface area contributed by atoms with Gasteiger partial charge in [-0.1, -0.05) is 83.9 Å².